The molecule has 0 unspecified atom stereocenters. The molecule has 0 rings (SSSR count). The number of rotatable bonds is 4. The van der Waals surface area contributed by atoms with Crippen molar-refractivity contribution >= 4 is 6.21 Å². The fraction of sp³-hybridized carbons (Fsp3) is 0.308. The Kier molecular flexibility index (Phi) is 6.11. The predicted molar refractivity (Wildman–Crippen MR) is 69.0 cm³/mol. The molecule has 0 aromatic rings. The Hall–Kier alpha value is -1.57. The highest BCUT2D eigenvalue weighted by molar-refractivity contribution is 5.85. The van der Waals surface area contributed by atoms with Crippen LogP contribution < -0.4 is 5.73 Å². The molecule has 0 aliphatic heterocycles. The van der Waals surface area contributed by atoms with Crippen molar-refractivity contribution < 1.29 is 0 Å². The van der Waals surface area contributed by atoms with Crippen LogP contribution in [0.15, 0.2) is 52.2 Å². The first-order valence-corrected chi connectivity index (χ1v) is 4.95. The number of hydrogen-bond acceptors (Lipinski definition) is 2. The molecule has 15 heavy (non-hydrogen) atoms. The second-order valence-electron chi connectivity index (χ2n) is 3.23. The molecular formula is C13H20N2. The number of nitrogens with two attached hydrogens (primary N) is 1. The van der Waals surface area contributed by atoms with E-state index in [0.29, 0.717) is 0 Å². The summed E-state index contributed by atoms with van der Waals surface area (Å²) in [5, 5.41) is 0. The average molecular weight is 204 g/mol. The van der Waals surface area contributed by atoms with Crippen molar-refractivity contribution in [1.82, 2.24) is 0 Å². The van der Waals surface area contributed by atoms with Crippen molar-refractivity contribution in [1.29, 1.82) is 0 Å². The summed E-state index contributed by atoms with van der Waals surface area (Å²) in [6.07, 6.45) is 7.61. The lowest BCUT2D eigenvalue weighted by atomic mass is 10.0. The van der Waals surface area contributed by atoms with Crippen LogP contribution in [0.1, 0.15) is 20.8 Å². The molecule has 2 nitrogen and oxygen atoms in total. The molecule has 0 aromatic carbocycles. The molecule has 0 aromatic heterocycles. The summed E-state index contributed by atoms with van der Waals surface area (Å²) in [7, 11) is 1.74. The molecule has 82 valence electrons. The first-order chi connectivity index (χ1) is 7.06. The van der Waals surface area contributed by atoms with Gasteiger partial charge in [0.2, 0.25) is 0 Å². The zero-order valence-electron chi connectivity index (χ0n) is 10.0. The zero-order valence-corrected chi connectivity index (χ0v) is 10.0. The molecule has 0 spiro atoms. The molecule has 0 atom stereocenters. The van der Waals surface area contributed by atoms with E-state index in [-0.39, 0.29) is 0 Å². The molecule has 0 saturated heterocycles. The van der Waals surface area contributed by atoms with Gasteiger partial charge in [-0.05, 0) is 43.6 Å². The summed E-state index contributed by atoms with van der Waals surface area (Å²) in [6, 6.07) is 0. The van der Waals surface area contributed by atoms with Gasteiger partial charge in [0.25, 0.3) is 0 Å². The molecule has 2 heteroatoms. The fourth-order valence-corrected chi connectivity index (χ4v) is 1.14. The van der Waals surface area contributed by atoms with Crippen molar-refractivity contribution in [3.05, 3.63) is 47.2 Å². The van der Waals surface area contributed by atoms with E-state index in [9.17, 15) is 0 Å². The van der Waals surface area contributed by atoms with Crippen LogP contribution in [0.25, 0.3) is 0 Å². The van der Waals surface area contributed by atoms with Gasteiger partial charge < -0.3 is 5.73 Å². The van der Waals surface area contributed by atoms with Crippen molar-refractivity contribution in [2.24, 2.45) is 10.7 Å². The third kappa shape index (κ3) is 4.45. The molecule has 0 amide bonds. The van der Waals surface area contributed by atoms with Crippen LogP contribution in [0.2, 0.25) is 0 Å². The number of aliphatic imine (C=N–C) groups is 1. The largest absolute Gasteiger partial charge is 0.399 e. The van der Waals surface area contributed by atoms with Crippen LogP contribution in [0, 0.1) is 0 Å². The molecule has 0 heterocycles. The van der Waals surface area contributed by atoms with Crippen LogP contribution in [0.3, 0.4) is 0 Å². The SMILES string of the molecule is C=C(/C=C(C)\C(N)=C/C)/C(C=NC)=C/C. The van der Waals surface area contributed by atoms with E-state index < -0.39 is 0 Å². The third-order valence-electron chi connectivity index (χ3n) is 2.11. The zero-order chi connectivity index (χ0) is 11.8. The number of hydrogen-bond donors (Lipinski definition) is 1. The maximum absolute atomic E-state index is 5.78. The van der Waals surface area contributed by atoms with Crippen molar-refractivity contribution in [3.63, 3.8) is 0 Å². The lowest BCUT2D eigenvalue weighted by Gasteiger charge is -2.04. The van der Waals surface area contributed by atoms with Crippen molar-refractivity contribution in [2.45, 2.75) is 20.8 Å². The Morgan fingerprint density at radius 2 is 1.87 bits per heavy atom. The molecular weight excluding hydrogens is 184 g/mol. The van der Waals surface area contributed by atoms with E-state index in [1.165, 1.54) is 0 Å². The smallest absolute Gasteiger partial charge is 0.0300 e. The first kappa shape index (κ1) is 13.4. The minimum absolute atomic E-state index is 0.778. The highest BCUT2D eigenvalue weighted by Crippen LogP contribution is 2.12. The summed E-state index contributed by atoms with van der Waals surface area (Å²) < 4.78 is 0. The third-order valence-corrected chi connectivity index (χ3v) is 2.11. The molecule has 0 fully saturated rings. The Bertz CT molecular complexity index is 342. The van der Waals surface area contributed by atoms with Crippen LogP contribution in [-0.2, 0) is 0 Å². The summed E-state index contributed by atoms with van der Waals surface area (Å²) in [5.41, 5.74) is 9.51. The van der Waals surface area contributed by atoms with E-state index in [0.717, 1.165) is 22.4 Å². The normalized spacial score (nSPS) is 14.8. The van der Waals surface area contributed by atoms with Gasteiger partial charge in [0.05, 0.1) is 0 Å². The van der Waals surface area contributed by atoms with Gasteiger partial charge in [-0.1, -0.05) is 18.7 Å². The Balaban J connectivity index is 4.90. The van der Waals surface area contributed by atoms with Crippen LogP contribution in [0.5, 0.6) is 0 Å². The average Bonchev–Trinajstić information content (AvgIpc) is 2.24. The molecule has 0 radical (unpaired) electrons. The van der Waals surface area contributed by atoms with Crippen LogP contribution in [0.4, 0.5) is 0 Å². The second-order valence-corrected chi connectivity index (χ2v) is 3.23. The highest BCUT2D eigenvalue weighted by Gasteiger charge is 1.98. The van der Waals surface area contributed by atoms with Crippen LogP contribution >= 0.6 is 0 Å². The maximum atomic E-state index is 5.78. The van der Waals surface area contributed by atoms with Gasteiger partial charge in [-0.3, -0.25) is 4.99 Å². The topological polar surface area (TPSA) is 38.4 Å². The first-order valence-electron chi connectivity index (χ1n) is 4.95. The fourth-order valence-electron chi connectivity index (χ4n) is 1.14. The molecule has 2 N–H and O–H groups in total. The van der Waals surface area contributed by atoms with Gasteiger partial charge >= 0.3 is 0 Å². The lowest BCUT2D eigenvalue weighted by Crippen LogP contribution is -1.98. The second kappa shape index (κ2) is 6.82. The summed E-state index contributed by atoms with van der Waals surface area (Å²) in [4.78, 5) is 3.97. The number of allylic oxidation sites excluding steroid dienone is 6. The van der Waals surface area contributed by atoms with Crippen molar-refractivity contribution in [2.75, 3.05) is 7.05 Å². The quantitative estimate of drug-likeness (QED) is 0.555. The van der Waals surface area contributed by atoms with Gasteiger partial charge in [-0.25, -0.2) is 0 Å². The molecule has 0 aliphatic rings. The van der Waals surface area contributed by atoms with E-state index in [1.807, 2.05) is 39.0 Å². The van der Waals surface area contributed by atoms with E-state index >= 15 is 0 Å². The van der Waals surface area contributed by atoms with Gasteiger partial charge in [-0.2, -0.15) is 0 Å². The Labute approximate surface area is 92.6 Å². The van der Waals surface area contributed by atoms with Crippen LogP contribution in [-0.4, -0.2) is 13.3 Å². The van der Waals surface area contributed by atoms with Gasteiger partial charge in [0.1, 0.15) is 0 Å². The monoisotopic (exact) mass is 204 g/mol. The summed E-state index contributed by atoms with van der Waals surface area (Å²) in [6.45, 7) is 9.83. The summed E-state index contributed by atoms with van der Waals surface area (Å²) in [5.74, 6) is 0. The minimum atomic E-state index is 0.778. The Morgan fingerprint density at radius 3 is 2.27 bits per heavy atom. The molecule has 0 saturated carbocycles. The number of nitrogens with zero attached hydrogens (tertiary/aromatic N) is 1. The Morgan fingerprint density at radius 1 is 1.27 bits per heavy atom. The van der Waals surface area contributed by atoms with E-state index in [4.69, 9.17) is 5.73 Å². The van der Waals surface area contributed by atoms with E-state index in [2.05, 4.69) is 11.6 Å². The molecule has 0 bridgehead atoms. The minimum Gasteiger partial charge on any atom is -0.399 e. The predicted octanol–water partition coefficient (Wildman–Crippen LogP) is 3.00. The molecule has 0 aliphatic carbocycles. The van der Waals surface area contributed by atoms with Gasteiger partial charge in [-0.15, -0.1) is 0 Å². The summed E-state index contributed by atoms with van der Waals surface area (Å²) >= 11 is 0. The highest BCUT2D eigenvalue weighted by atomic mass is 14.6. The standard InChI is InChI=1S/C13H20N2/c1-6-12(9-15-5)10(3)8-11(4)13(14)7-2/h6-9H,3,14H2,1-2,4-5H3/b11-8-,12-6+,13-7+,15-9?. The lowest BCUT2D eigenvalue weighted by molar-refractivity contribution is 1.27. The van der Waals surface area contributed by atoms with Gasteiger partial charge in [0, 0.05) is 19.0 Å². The van der Waals surface area contributed by atoms with E-state index in [1.54, 1.807) is 13.3 Å². The van der Waals surface area contributed by atoms with Crippen molar-refractivity contribution in [3.8, 4) is 0 Å². The van der Waals surface area contributed by atoms with Gasteiger partial charge in [0.15, 0.2) is 0 Å². The maximum Gasteiger partial charge on any atom is 0.0300 e.